The summed E-state index contributed by atoms with van der Waals surface area (Å²) in [4.78, 5) is 1.93. The van der Waals surface area contributed by atoms with Gasteiger partial charge in [-0.15, -0.1) is 0 Å². The van der Waals surface area contributed by atoms with Crippen LogP contribution in [0.15, 0.2) is 24.3 Å². The lowest BCUT2D eigenvalue weighted by atomic mass is 9.54. The van der Waals surface area contributed by atoms with Gasteiger partial charge < -0.3 is 14.4 Å². The zero-order chi connectivity index (χ0) is 19.3. The van der Waals surface area contributed by atoms with E-state index in [0.29, 0.717) is 5.56 Å². The van der Waals surface area contributed by atoms with Gasteiger partial charge in [0.15, 0.2) is 5.41 Å². The first kappa shape index (κ1) is 17.7. The SMILES string of the molecule is CC1C2(C)OC(=N)C1(C#N)C(C#N)(C#N)C(c1ccc(N(C)C)cc1)O2. The number of hydrogen-bond acceptors (Lipinski definition) is 7. The van der Waals surface area contributed by atoms with Gasteiger partial charge in [-0.3, -0.25) is 5.41 Å². The van der Waals surface area contributed by atoms with Crippen LogP contribution in [0, 0.1) is 56.2 Å². The summed E-state index contributed by atoms with van der Waals surface area (Å²) in [5.74, 6) is -2.29. The predicted octanol–water partition coefficient (Wildman–Crippen LogP) is 2.73. The molecule has 0 radical (unpaired) electrons. The van der Waals surface area contributed by atoms with Crippen molar-refractivity contribution < 1.29 is 9.47 Å². The van der Waals surface area contributed by atoms with Crippen molar-refractivity contribution in [1.82, 2.24) is 0 Å². The van der Waals surface area contributed by atoms with Crippen molar-refractivity contribution in [2.24, 2.45) is 16.7 Å². The van der Waals surface area contributed by atoms with Crippen LogP contribution >= 0.6 is 0 Å². The summed E-state index contributed by atoms with van der Waals surface area (Å²) >= 11 is 0. The minimum absolute atomic E-state index is 0.384. The highest BCUT2D eigenvalue weighted by molar-refractivity contribution is 5.89. The number of nitrogens with one attached hydrogen (secondary N) is 1. The Morgan fingerprint density at radius 2 is 1.65 bits per heavy atom. The summed E-state index contributed by atoms with van der Waals surface area (Å²) in [5, 5.41) is 38.2. The van der Waals surface area contributed by atoms with Crippen molar-refractivity contribution in [2.75, 3.05) is 19.0 Å². The Hall–Kier alpha value is -3.08. The molecule has 0 aromatic heterocycles. The van der Waals surface area contributed by atoms with Gasteiger partial charge >= 0.3 is 0 Å². The molecule has 7 heteroatoms. The van der Waals surface area contributed by atoms with Crippen LogP contribution in [-0.2, 0) is 9.47 Å². The molecule has 2 heterocycles. The third-order valence-electron chi connectivity index (χ3n) is 5.71. The standard InChI is InChI=1S/C19H19N5O2/c1-12-17(2)25-15(13-5-7-14(8-6-13)24(3)4)18(9-20,10-21)19(12,11-22)16(23)26-17/h5-8,12,15,23H,1-4H3. The highest BCUT2D eigenvalue weighted by atomic mass is 16.7. The van der Waals surface area contributed by atoms with Crippen molar-refractivity contribution in [3.8, 4) is 18.2 Å². The number of benzene rings is 1. The van der Waals surface area contributed by atoms with Crippen molar-refractivity contribution in [1.29, 1.82) is 21.2 Å². The Bertz CT molecular complexity index is 874. The van der Waals surface area contributed by atoms with E-state index < -0.39 is 28.6 Å². The van der Waals surface area contributed by atoms with Crippen LogP contribution < -0.4 is 4.90 Å². The number of ether oxygens (including phenoxy) is 2. The summed E-state index contributed by atoms with van der Waals surface area (Å²) in [7, 11) is 3.81. The lowest BCUT2D eigenvalue weighted by Crippen LogP contribution is -2.57. The minimum Gasteiger partial charge on any atom is -0.448 e. The van der Waals surface area contributed by atoms with E-state index in [1.54, 1.807) is 26.0 Å². The fraction of sp³-hybridized carbons (Fsp3) is 0.474. The van der Waals surface area contributed by atoms with Crippen LogP contribution in [0.25, 0.3) is 0 Å². The molecule has 3 rings (SSSR count). The average Bonchev–Trinajstić information content (AvgIpc) is 2.77. The molecule has 1 aromatic rings. The van der Waals surface area contributed by atoms with E-state index in [-0.39, 0.29) is 5.90 Å². The van der Waals surface area contributed by atoms with Crippen molar-refractivity contribution in [3.05, 3.63) is 29.8 Å². The number of nitriles is 3. The molecule has 1 aromatic carbocycles. The van der Waals surface area contributed by atoms with Crippen LogP contribution in [-0.4, -0.2) is 25.8 Å². The van der Waals surface area contributed by atoms with Crippen LogP contribution in [0.1, 0.15) is 25.5 Å². The van der Waals surface area contributed by atoms with E-state index in [2.05, 4.69) is 6.07 Å². The third kappa shape index (κ3) is 1.85. The number of hydrogen-bond donors (Lipinski definition) is 1. The molecule has 0 aliphatic carbocycles. The second-order valence-electron chi connectivity index (χ2n) is 7.10. The Balaban J connectivity index is 2.24. The largest absolute Gasteiger partial charge is 0.448 e. The molecule has 0 amide bonds. The van der Waals surface area contributed by atoms with Gasteiger partial charge in [-0.25, -0.2) is 0 Å². The maximum atomic E-state index is 9.99. The molecule has 4 atom stereocenters. The van der Waals surface area contributed by atoms with E-state index in [0.717, 1.165) is 5.69 Å². The first-order valence-electron chi connectivity index (χ1n) is 8.19. The zero-order valence-corrected chi connectivity index (χ0v) is 15.1. The third-order valence-corrected chi connectivity index (χ3v) is 5.71. The van der Waals surface area contributed by atoms with Crippen LogP contribution in [0.3, 0.4) is 0 Å². The fourth-order valence-corrected chi connectivity index (χ4v) is 3.96. The quantitative estimate of drug-likeness (QED) is 0.877. The fourth-order valence-electron chi connectivity index (χ4n) is 3.96. The Morgan fingerprint density at radius 3 is 2.12 bits per heavy atom. The van der Waals surface area contributed by atoms with Gasteiger partial charge in [-0.1, -0.05) is 19.1 Å². The molecule has 0 saturated carbocycles. The van der Waals surface area contributed by atoms with E-state index >= 15 is 0 Å². The Kier molecular flexibility index (Phi) is 3.72. The molecular weight excluding hydrogens is 330 g/mol. The molecule has 26 heavy (non-hydrogen) atoms. The number of fused-ring (bicyclic) bond motifs is 2. The maximum Gasteiger partial charge on any atom is 0.214 e. The van der Waals surface area contributed by atoms with Crippen LogP contribution in [0.5, 0.6) is 0 Å². The first-order valence-corrected chi connectivity index (χ1v) is 8.19. The summed E-state index contributed by atoms with van der Waals surface area (Å²) < 4.78 is 11.7. The molecular formula is C19H19N5O2. The normalized spacial score (nSPS) is 34.1. The topological polar surface area (TPSA) is 117 Å². The van der Waals surface area contributed by atoms with Gasteiger partial charge in [0.1, 0.15) is 6.10 Å². The lowest BCUT2D eigenvalue weighted by molar-refractivity contribution is -0.268. The monoisotopic (exact) mass is 349 g/mol. The smallest absolute Gasteiger partial charge is 0.214 e. The van der Waals surface area contributed by atoms with Crippen molar-refractivity contribution >= 4 is 11.6 Å². The number of rotatable bonds is 2. The molecule has 0 spiro atoms. The molecule has 2 fully saturated rings. The van der Waals surface area contributed by atoms with E-state index in [4.69, 9.17) is 14.9 Å². The van der Waals surface area contributed by atoms with E-state index in [1.807, 2.05) is 43.3 Å². The molecule has 4 unspecified atom stereocenters. The molecule has 132 valence electrons. The molecule has 2 bridgehead atoms. The average molecular weight is 349 g/mol. The Morgan fingerprint density at radius 1 is 1.08 bits per heavy atom. The minimum atomic E-state index is -1.89. The van der Waals surface area contributed by atoms with Gasteiger partial charge in [0.05, 0.1) is 24.1 Å². The van der Waals surface area contributed by atoms with Crippen molar-refractivity contribution in [2.45, 2.75) is 25.7 Å². The summed E-state index contributed by atoms with van der Waals surface area (Å²) in [6, 6.07) is 13.3. The highest BCUT2D eigenvalue weighted by Gasteiger charge is 2.78. The Labute approximate surface area is 152 Å². The van der Waals surface area contributed by atoms with Gasteiger partial charge in [-0.05, 0) is 17.7 Å². The molecule has 2 aliphatic heterocycles. The predicted molar refractivity (Wildman–Crippen MR) is 92.7 cm³/mol. The van der Waals surface area contributed by atoms with Gasteiger partial charge in [0.2, 0.25) is 17.1 Å². The van der Waals surface area contributed by atoms with E-state index in [9.17, 15) is 15.8 Å². The zero-order valence-electron chi connectivity index (χ0n) is 15.1. The summed E-state index contributed by atoms with van der Waals surface area (Å²) in [6.45, 7) is 3.32. The van der Waals surface area contributed by atoms with Gasteiger partial charge in [0, 0.05) is 26.7 Å². The van der Waals surface area contributed by atoms with E-state index in [1.165, 1.54) is 0 Å². The van der Waals surface area contributed by atoms with Crippen molar-refractivity contribution in [3.63, 3.8) is 0 Å². The maximum absolute atomic E-state index is 9.99. The number of anilines is 1. The lowest BCUT2D eigenvalue weighted by Gasteiger charge is -2.47. The molecule has 1 N–H and O–H groups in total. The summed E-state index contributed by atoms with van der Waals surface area (Å²) in [5.41, 5.74) is -2.05. The second kappa shape index (κ2) is 5.46. The highest BCUT2D eigenvalue weighted by Crippen LogP contribution is 2.66. The molecule has 2 saturated heterocycles. The first-order chi connectivity index (χ1) is 12.2. The van der Waals surface area contributed by atoms with Crippen LogP contribution in [0.4, 0.5) is 5.69 Å². The van der Waals surface area contributed by atoms with Gasteiger partial charge in [-0.2, -0.15) is 15.8 Å². The van der Waals surface area contributed by atoms with Gasteiger partial charge in [0.25, 0.3) is 0 Å². The molecule has 7 nitrogen and oxygen atoms in total. The molecule has 2 aliphatic rings. The summed E-state index contributed by atoms with van der Waals surface area (Å²) in [6.07, 6.45) is -1.02. The van der Waals surface area contributed by atoms with Crippen LogP contribution in [0.2, 0.25) is 0 Å². The number of nitrogens with zero attached hydrogens (tertiary/aromatic N) is 4. The second-order valence-corrected chi connectivity index (χ2v) is 7.10.